The Kier molecular flexibility index (Phi) is 3.43. The number of carbonyl (C=O) groups excluding carboxylic acids is 2. The molecule has 0 radical (unpaired) electrons. The van der Waals surface area contributed by atoms with Crippen LogP contribution in [0, 0.1) is 11.7 Å². The lowest BCUT2D eigenvalue weighted by atomic mass is 10.1. The van der Waals surface area contributed by atoms with Crippen molar-refractivity contribution < 1.29 is 19.1 Å². The van der Waals surface area contributed by atoms with E-state index in [1.165, 1.54) is 24.3 Å². The molecule has 1 fully saturated rings. The normalized spacial score (nSPS) is 21.5. The number of β-amino-alcohol motifs (C(OH)–C–C–N with tert-alkyl or cyclic N) is 1. The van der Waals surface area contributed by atoms with Gasteiger partial charge < -0.3 is 5.11 Å². The van der Waals surface area contributed by atoms with E-state index >= 15 is 0 Å². The van der Waals surface area contributed by atoms with Gasteiger partial charge in [0.2, 0.25) is 11.8 Å². The van der Waals surface area contributed by atoms with Gasteiger partial charge in [-0.05, 0) is 17.7 Å². The summed E-state index contributed by atoms with van der Waals surface area (Å²) in [5.74, 6) is -1.25. The molecule has 1 saturated heterocycles. The highest BCUT2D eigenvalue weighted by molar-refractivity contribution is 6.03. The van der Waals surface area contributed by atoms with Crippen molar-refractivity contribution in [1.29, 1.82) is 0 Å². The van der Waals surface area contributed by atoms with Gasteiger partial charge in [-0.25, -0.2) is 4.39 Å². The van der Waals surface area contributed by atoms with Crippen LogP contribution < -0.4 is 0 Å². The van der Waals surface area contributed by atoms with Gasteiger partial charge in [-0.1, -0.05) is 19.1 Å². The number of nitrogens with zero attached hydrogens (tertiary/aromatic N) is 1. The second-order valence-electron chi connectivity index (χ2n) is 4.52. The lowest BCUT2D eigenvalue weighted by molar-refractivity contribution is -0.140. The van der Waals surface area contributed by atoms with E-state index < -0.39 is 11.9 Å². The Morgan fingerprint density at radius 1 is 1.39 bits per heavy atom. The van der Waals surface area contributed by atoms with Crippen LogP contribution in [0.3, 0.4) is 0 Å². The summed E-state index contributed by atoms with van der Waals surface area (Å²) in [6.45, 7) is 1.61. The van der Waals surface area contributed by atoms with Crippen LogP contribution in [0.1, 0.15) is 25.0 Å². The van der Waals surface area contributed by atoms with Crippen LogP contribution in [0.15, 0.2) is 24.3 Å². The smallest absolute Gasteiger partial charge is 0.232 e. The zero-order valence-corrected chi connectivity index (χ0v) is 9.97. The Balaban J connectivity index is 2.07. The Labute approximate surface area is 104 Å². The van der Waals surface area contributed by atoms with Gasteiger partial charge in [0.15, 0.2) is 0 Å². The van der Waals surface area contributed by atoms with Crippen molar-refractivity contribution in [3.63, 3.8) is 0 Å². The average molecular weight is 251 g/mol. The lowest BCUT2D eigenvalue weighted by Gasteiger charge is -2.19. The minimum absolute atomic E-state index is 0.0758. The zero-order chi connectivity index (χ0) is 13.3. The van der Waals surface area contributed by atoms with Crippen LogP contribution in [0.4, 0.5) is 4.39 Å². The highest BCUT2D eigenvalue weighted by Gasteiger charge is 2.36. The van der Waals surface area contributed by atoms with Crippen LogP contribution in [0.5, 0.6) is 0 Å². The molecule has 96 valence electrons. The number of carbonyl (C=O) groups is 2. The molecule has 1 aliphatic rings. The maximum atomic E-state index is 12.7. The van der Waals surface area contributed by atoms with E-state index in [1.54, 1.807) is 6.92 Å². The van der Waals surface area contributed by atoms with Crippen molar-refractivity contribution in [3.05, 3.63) is 35.6 Å². The Morgan fingerprint density at radius 2 is 2.00 bits per heavy atom. The van der Waals surface area contributed by atoms with E-state index in [0.717, 1.165) is 4.90 Å². The third kappa shape index (κ3) is 2.41. The van der Waals surface area contributed by atoms with Crippen LogP contribution >= 0.6 is 0 Å². The number of imide groups is 1. The van der Waals surface area contributed by atoms with Crippen LogP contribution in [0.25, 0.3) is 0 Å². The molecule has 0 aromatic heterocycles. The van der Waals surface area contributed by atoms with Crippen molar-refractivity contribution in [1.82, 2.24) is 4.90 Å². The lowest BCUT2D eigenvalue weighted by Crippen LogP contribution is -2.34. The number of benzene rings is 1. The number of halogens is 1. The molecule has 4 nitrogen and oxygen atoms in total. The first-order valence-corrected chi connectivity index (χ1v) is 5.76. The van der Waals surface area contributed by atoms with Gasteiger partial charge in [-0.3, -0.25) is 14.5 Å². The highest BCUT2D eigenvalue weighted by Crippen LogP contribution is 2.22. The maximum Gasteiger partial charge on any atom is 0.232 e. The molecule has 2 unspecified atom stereocenters. The summed E-state index contributed by atoms with van der Waals surface area (Å²) in [6, 6.07) is 5.34. The quantitative estimate of drug-likeness (QED) is 0.823. The standard InChI is InChI=1S/C13H14FNO3/c1-8-6-12(17)15(13(8)18)7-11(16)9-2-4-10(14)5-3-9/h2-5,8,11,16H,6-7H2,1H3. The van der Waals surface area contributed by atoms with E-state index in [-0.39, 0.29) is 30.7 Å². The molecule has 0 bridgehead atoms. The number of likely N-dealkylation sites (tertiary alicyclic amines) is 1. The van der Waals surface area contributed by atoms with E-state index in [4.69, 9.17) is 0 Å². The van der Waals surface area contributed by atoms with Crippen molar-refractivity contribution >= 4 is 11.8 Å². The van der Waals surface area contributed by atoms with Crippen LogP contribution in [-0.4, -0.2) is 28.4 Å². The van der Waals surface area contributed by atoms with E-state index in [9.17, 15) is 19.1 Å². The fourth-order valence-electron chi connectivity index (χ4n) is 2.00. The molecule has 18 heavy (non-hydrogen) atoms. The second kappa shape index (κ2) is 4.86. The number of amides is 2. The second-order valence-corrected chi connectivity index (χ2v) is 4.52. The fraction of sp³-hybridized carbons (Fsp3) is 0.385. The predicted molar refractivity (Wildman–Crippen MR) is 61.9 cm³/mol. The first kappa shape index (κ1) is 12.7. The zero-order valence-electron chi connectivity index (χ0n) is 9.97. The molecule has 1 aromatic rings. The largest absolute Gasteiger partial charge is 0.387 e. The summed E-state index contributed by atoms with van der Waals surface area (Å²) in [4.78, 5) is 24.3. The van der Waals surface area contributed by atoms with Crippen molar-refractivity contribution in [2.75, 3.05) is 6.54 Å². The molecular weight excluding hydrogens is 237 g/mol. The topological polar surface area (TPSA) is 57.6 Å². The molecule has 0 saturated carbocycles. The van der Waals surface area contributed by atoms with Gasteiger partial charge in [-0.15, -0.1) is 0 Å². The van der Waals surface area contributed by atoms with E-state index in [2.05, 4.69) is 0 Å². The van der Waals surface area contributed by atoms with E-state index in [1.807, 2.05) is 0 Å². The minimum atomic E-state index is -0.983. The molecule has 1 aromatic carbocycles. The molecule has 2 amide bonds. The van der Waals surface area contributed by atoms with Crippen molar-refractivity contribution in [2.24, 2.45) is 5.92 Å². The molecule has 0 spiro atoms. The van der Waals surface area contributed by atoms with Gasteiger partial charge in [0.1, 0.15) is 5.82 Å². The molecule has 2 rings (SSSR count). The van der Waals surface area contributed by atoms with Gasteiger partial charge >= 0.3 is 0 Å². The number of rotatable bonds is 3. The number of aliphatic hydroxyl groups excluding tert-OH is 1. The summed E-state index contributed by atoms with van der Waals surface area (Å²) >= 11 is 0. The average Bonchev–Trinajstić information content (AvgIpc) is 2.57. The summed E-state index contributed by atoms with van der Waals surface area (Å²) in [5, 5.41) is 9.93. The first-order chi connectivity index (χ1) is 8.49. The monoisotopic (exact) mass is 251 g/mol. The molecule has 2 atom stereocenters. The fourth-order valence-corrected chi connectivity index (χ4v) is 2.00. The predicted octanol–water partition coefficient (Wildman–Crippen LogP) is 1.25. The SMILES string of the molecule is CC1CC(=O)N(CC(O)c2ccc(F)cc2)C1=O. The third-order valence-electron chi connectivity index (χ3n) is 3.08. The highest BCUT2D eigenvalue weighted by atomic mass is 19.1. The van der Waals surface area contributed by atoms with Gasteiger partial charge in [-0.2, -0.15) is 0 Å². The van der Waals surface area contributed by atoms with Crippen molar-refractivity contribution in [3.8, 4) is 0 Å². The number of hydrogen-bond acceptors (Lipinski definition) is 3. The molecule has 1 N–H and O–H groups in total. The Bertz CT molecular complexity index is 472. The molecule has 0 aliphatic carbocycles. The summed E-state index contributed by atoms with van der Waals surface area (Å²) < 4.78 is 12.7. The first-order valence-electron chi connectivity index (χ1n) is 5.76. The van der Waals surface area contributed by atoms with Crippen LogP contribution in [0.2, 0.25) is 0 Å². The maximum absolute atomic E-state index is 12.7. The van der Waals surface area contributed by atoms with Gasteiger partial charge in [0, 0.05) is 12.3 Å². The summed E-state index contributed by atoms with van der Waals surface area (Å²) in [5.41, 5.74) is 0.483. The third-order valence-corrected chi connectivity index (χ3v) is 3.08. The Hall–Kier alpha value is -1.75. The Morgan fingerprint density at radius 3 is 2.50 bits per heavy atom. The molecule has 1 heterocycles. The molecule has 1 aliphatic heterocycles. The van der Waals surface area contributed by atoms with Gasteiger partial charge in [0.25, 0.3) is 0 Å². The summed E-state index contributed by atoms with van der Waals surface area (Å²) in [6.07, 6.45) is -0.793. The minimum Gasteiger partial charge on any atom is -0.387 e. The summed E-state index contributed by atoms with van der Waals surface area (Å²) in [7, 11) is 0. The van der Waals surface area contributed by atoms with E-state index in [0.29, 0.717) is 5.56 Å². The van der Waals surface area contributed by atoms with Crippen molar-refractivity contribution in [2.45, 2.75) is 19.4 Å². The number of hydrogen-bond donors (Lipinski definition) is 1. The molecular formula is C13H14FNO3. The number of aliphatic hydroxyl groups is 1. The van der Waals surface area contributed by atoms with Crippen LogP contribution in [-0.2, 0) is 9.59 Å². The van der Waals surface area contributed by atoms with Gasteiger partial charge in [0.05, 0.1) is 12.6 Å². The molecule has 5 heteroatoms.